The van der Waals surface area contributed by atoms with Crippen LogP contribution in [0.2, 0.25) is 0 Å². The van der Waals surface area contributed by atoms with Crippen molar-refractivity contribution in [1.82, 2.24) is 15.1 Å². The van der Waals surface area contributed by atoms with E-state index in [9.17, 15) is 0 Å². The molecule has 0 aliphatic rings. The van der Waals surface area contributed by atoms with Crippen molar-refractivity contribution in [3.8, 4) is 0 Å². The third-order valence-corrected chi connectivity index (χ3v) is 3.72. The monoisotopic (exact) mass is 271 g/mol. The van der Waals surface area contributed by atoms with Crippen molar-refractivity contribution in [3.05, 3.63) is 53.3 Å². The Labute approximate surface area is 122 Å². The molecular weight excluding hydrogens is 246 g/mol. The highest BCUT2D eigenvalue weighted by atomic mass is 15.3. The zero-order valence-corrected chi connectivity index (χ0v) is 12.8. The van der Waals surface area contributed by atoms with E-state index < -0.39 is 0 Å². The molecule has 3 heteroatoms. The first-order valence-corrected chi connectivity index (χ1v) is 7.57. The molecule has 2 rings (SSSR count). The van der Waals surface area contributed by atoms with Crippen LogP contribution in [0.3, 0.4) is 0 Å². The van der Waals surface area contributed by atoms with Crippen molar-refractivity contribution in [3.63, 3.8) is 0 Å². The topological polar surface area (TPSA) is 29.9 Å². The van der Waals surface area contributed by atoms with Crippen LogP contribution in [-0.4, -0.2) is 9.78 Å². The molecule has 2 aromatic rings. The lowest BCUT2D eigenvalue weighted by molar-refractivity contribution is 0.517. The molecule has 1 aromatic heterocycles. The fraction of sp³-hybridized carbons (Fsp3) is 0.471. The number of aromatic nitrogens is 2. The summed E-state index contributed by atoms with van der Waals surface area (Å²) in [6.45, 7) is 8.42. The molecule has 20 heavy (non-hydrogen) atoms. The van der Waals surface area contributed by atoms with Gasteiger partial charge in [0, 0.05) is 25.3 Å². The Morgan fingerprint density at radius 1 is 1.15 bits per heavy atom. The van der Waals surface area contributed by atoms with Gasteiger partial charge in [0.05, 0.1) is 5.69 Å². The van der Waals surface area contributed by atoms with Crippen LogP contribution >= 0.6 is 0 Å². The summed E-state index contributed by atoms with van der Waals surface area (Å²) >= 11 is 0. The van der Waals surface area contributed by atoms with Crippen LogP contribution in [0.25, 0.3) is 0 Å². The molecule has 0 bridgehead atoms. The molecule has 3 nitrogen and oxygen atoms in total. The van der Waals surface area contributed by atoms with Gasteiger partial charge >= 0.3 is 0 Å². The number of rotatable bonds is 7. The Balaban J connectivity index is 1.93. The summed E-state index contributed by atoms with van der Waals surface area (Å²) in [5.41, 5.74) is 3.98. The highest BCUT2D eigenvalue weighted by Crippen LogP contribution is 2.14. The van der Waals surface area contributed by atoms with Crippen molar-refractivity contribution >= 4 is 0 Å². The predicted molar refractivity (Wildman–Crippen MR) is 83.6 cm³/mol. The third kappa shape index (κ3) is 3.70. The zero-order valence-electron chi connectivity index (χ0n) is 12.8. The van der Waals surface area contributed by atoms with Crippen LogP contribution in [0, 0.1) is 0 Å². The molecule has 0 radical (unpaired) electrons. The quantitative estimate of drug-likeness (QED) is 0.832. The number of nitrogens with one attached hydrogen (secondary N) is 1. The average Bonchev–Trinajstić information content (AvgIpc) is 2.92. The highest BCUT2D eigenvalue weighted by Gasteiger charge is 2.07. The Hall–Kier alpha value is -1.61. The Kier molecular flexibility index (Phi) is 5.36. The second-order valence-electron chi connectivity index (χ2n) is 5.24. The van der Waals surface area contributed by atoms with E-state index in [-0.39, 0.29) is 0 Å². The Bertz CT molecular complexity index is 513. The first kappa shape index (κ1) is 14.8. The fourth-order valence-electron chi connectivity index (χ4n) is 2.34. The van der Waals surface area contributed by atoms with Gasteiger partial charge in [0.2, 0.25) is 0 Å². The maximum Gasteiger partial charge on any atom is 0.0522 e. The van der Waals surface area contributed by atoms with E-state index in [0.717, 1.165) is 25.9 Å². The summed E-state index contributed by atoms with van der Waals surface area (Å²) in [4.78, 5) is 0. The first-order chi connectivity index (χ1) is 9.74. The molecular formula is C17H25N3. The van der Waals surface area contributed by atoms with Crippen LogP contribution in [0.15, 0.2) is 36.5 Å². The second-order valence-corrected chi connectivity index (χ2v) is 5.24. The van der Waals surface area contributed by atoms with Crippen LogP contribution in [0.4, 0.5) is 0 Å². The van der Waals surface area contributed by atoms with Crippen LogP contribution in [-0.2, 0) is 19.5 Å². The minimum absolute atomic E-state index is 0.353. The first-order valence-electron chi connectivity index (χ1n) is 7.57. The number of aryl methyl sites for hydroxylation is 2. The Morgan fingerprint density at radius 3 is 2.55 bits per heavy atom. The second kappa shape index (κ2) is 7.25. The highest BCUT2D eigenvalue weighted by molar-refractivity contribution is 5.24. The fourth-order valence-corrected chi connectivity index (χ4v) is 2.34. The molecule has 0 amide bonds. The van der Waals surface area contributed by atoms with E-state index in [1.807, 2.05) is 6.20 Å². The minimum Gasteiger partial charge on any atom is -0.305 e. The summed E-state index contributed by atoms with van der Waals surface area (Å²) in [6, 6.07) is 11.3. The van der Waals surface area contributed by atoms with Crippen molar-refractivity contribution < 1.29 is 0 Å². The number of nitrogens with zero attached hydrogens (tertiary/aromatic N) is 2. The van der Waals surface area contributed by atoms with Gasteiger partial charge in [-0.1, -0.05) is 38.1 Å². The summed E-state index contributed by atoms with van der Waals surface area (Å²) in [6.07, 6.45) is 4.09. The van der Waals surface area contributed by atoms with Gasteiger partial charge in [0.15, 0.2) is 0 Å². The molecule has 0 fully saturated rings. The lowest BCUT2D eigenvalue weighted by Gasteiger charge is -2.15. The molecule has 0 aliphatic heterocycles. The smallest absolute Gasteiger partial charge is 0.0522 e. The lowest BCUT2D eigenvalue weighted by Crippen LogP contribution is -2.20. The van der Waals surface area contributed by atoms with Gasteiger partial charge in [0.1, 0.15) is 0 Å². The van der Waals surface area contributed by atoms with Crippen molar-refractivity contribution in [2.24, 2.45) is 0 Å². The molecule has 1 heterocycles. The van der Waals surface area contributed by atoms with Gasteiger partial charge in [-0.05, 0) is 37.0 Å². The van der Waals surface area contributed by atoms with E-state index >= 15 is 0 Å². The average molecular weight is 271 g/mol. The summed E-state index contributed by atoms with van der Waals surface area (Å²) in [7, 11) is 0. The minimum atomic E-state index is 0.353. The molecule has 0 spiro atoms. The van der Waals surface area contributed by atoms with E-state index in [4.69, 9.17) is 0 Å². The maximum atomic E-state index is 4.36. The molecule has 108 valence electrons. The maximum absolute atomic E-state index is 4.36. The van der Waals surface area contributed by atoms with Gasteiger partial charge in [-0.25, -0.2) is 0 Å². The summed E-state index contributed by atoms with van der Waals surface area (Å²) in [5, 5.41) is 7.93. The summed E-state index contributed by atoms with van der Waals surface area (Å²) in [5.74, 6) is 0. The molecule has 1 N–H and O–H groups in total. The van der Waals surface area contributed by atoms with Gasteiger partial charge in [-0.3, -0.25) is 4.68 Å². The van der Waals surface area contributed by atoms with Gasteiger partial charge in [-0.2, -0.15) is 5.10 Å². The molecule has 0 saturated heterocycles. The van der Waals surface area contributed by atoms with Crippen LogP contribution in [0.1, 0.15) is 50.1 Å². The number of benzene rings is 1. The number of hydrogen-bond acceptors (Lipinski definition) is 2. The van der Waals surface area contributed by atoms with Gasteiger partial charge < -0.3 is 5.32 Å². The predicted octanol–water partition coefficient (Wildman–Crippen LogP) is 3.71. The van der Waals surface area contributed by atoms with Crippen LogP contribution < -0.4 is 5.32 Å². The molecule has 0 aliphatic carbocycles. The van der Waals surface area contributed by atoms with Crippen molar-refractivity contribution in [2.75, 3.05) is 0 Å². The standard InChI is InChI=1S/C17H25N3/c1-4-12-20-17(10-11-19-20)13-18-14(3)16-8-6-15(5-2)7-9-16/h6-11,14,18H,4-5,12-13H2,1-3H3. The Morgan fingerprint density at radius 2 is 1.90 bits per heavy atom. The van der Waals surface area contributed by atoms with E-state index in [1.165, 1.54) is 16.8 Å². The van der Waals surface area contributed by atoms with Crippen LogP contribution in [0.5, 0.6) is 0 Å². The zero-order chi connectivity index (χ0) is 14.4. The largest absolute Gasteiger partial charge is 0.305 e. The van der Waals surface area contributed by atoms with E-state index in [0.29, 0.717) is 6.04 Å². The van der Waals surface area contributed by atoms with Crippen molar-refractivity contribution in [2.45, 2.75) is 52.7 Å². The lowest BCUT2D eigenvalue weighted by atomic mass is 10.0. The molecule has 1 unspecified atom stereocenters. The molecule has 1 atom stereocenters. The molecule has 1 aromatic carbocycles. The van der Waals surface area contributed by atoms with Gasteiger partial charge in [-0.15, -0.1) is 0 Å². The normalized spacial score (nSPS) is 12.6. The SMILES string of the molecule is CCCn1nccc1CNC(C)c1ccc(CC)cc1. The third-order valence-electron chi connectivity index (χ3n) is 3.72. The molecule has 0 saturated carbocycles. The number of hydrogen-bond donors (Lipinski definition) is 1. The summed E-state index contributed by atoms with van der Waals surface area (Å²) < 4.78 is 2.08. The van der Waals surface area contributed by atoms with Gasteiger partial charge in [0.25, 0.3) is 0 Å². The van der Waals surface area contributed by atoms with Crippen molar-refractivity contribution in [1.29, 1.82) is 0 Å². The van der Waals surface area contributed by atoms with E-state index in [2.05, 4.69) is 66.2 Å². The van der Waals surface area contributed by atoms with E-state index in [1.54, 1.807) is 0 Å².